The van der Waals surface area contributed by atoms with E-state index in [9.17, 15) is 14.4 Å². The first-order valence-corrected chi connectivity index (χ1v) is 9.66. The van der Waals surface area contributed by atoms with Gasteiger partial charge < -0.3 is 14.5 Å². The highest BCUT2D eigenvalue weighted by atomic mass is 16.6. The van der Waals surface area contributed by atoms with Crippen molar-refractivity contribution < 1.29 is 14.3 Å². The van der Waals surface area contributed by atoms with E-state index in [1.807, 2.05) is 4.90 Å². The molecule has 0 N–H and O–H groups in total. The maximum absolute atomic E-state index is 12.6. The van der Waals surface area contributed by atoms with Crippen LogP contribution in [0.5, 0.6) is 0 Å². The number of aromatic nitrogens is 2. The summed E-state index contributed by atoms with van der Waals surface area (Å²) in [7, 11) is 0. The molecule has 0 unspecified atom stereocenters. The van der Waals surface area contributed by atoms with Crippen LogP contribution in [-0.4, -0.2) is 62.9 Å². The van der Waals surface area contributed by atoms with Crippen molar-refractivity contribution in [3.63, 3.8) is 0 Å². The van der Waals surface area contributed by atoms with Crippen LogP contribution in [0.2, 0.25) is 0 Å². The zero-order valence-corrected chi connectivity index (χ0v) is 16.3. The molecule has 0 aromatic carbocycles. The van der Waals surface area contributed by atoms with Crippen molar-refractivity contribution in [1.29, 1.82) is 0 Å². The van der Waals surface area contributed by atoms with Crippen molar-refractivity contribution >= 4 is 12.0 Å². The Morgan fingerprint density at radius 1 is 1.30 bits per heavy atom. The van der Waals surface area contributed by atoms with E-state index in [1.54, 1.807) is 17.9 Å². The van der Waals surface area contributed by atoms with Gasteiger partial charge in [0.25, 0.3) is 5.56 Å². The maximum atomic E-state index is 12.6. The van der Waals surface area contributed by atoms with E-state index in [1.165, 1.54) is 10.7 Å². The minimum Gasteiger partial charge on any atom is -0.441 e. The molecular formula is C19H28N4O4. The number of nitrogens with zero attached hydrogens (tertiary/aromatic N) is 4. The molecule has 0 aliphatic carbocycles. The fourth-order valence-corrected chi connectivity index (χ4v) is 3.88. The number of hydrogen-bond acceptors (Lipinski definition) is 5. The second kappa shape index (κ2) is 7.70. The summed E-state index contributed by atoms with van der Waals surface area (Å²) < 4.78 is 6.93. The summed E-state index contributed by atoms with van der Waals surface area (Å²) in [4.78, 5) is 40.2. The first-order chi connectivity index (χ1) is 12.8. The fourth-order valence-electron chi connectivity index (χ4n) is 3.88. The Kier molecular flexibility index (Phi) is 5.53. The molecule has 2 saturated heterocycles. The second-order valence-electron chi connectivity index (χ2n) is 7.67. The summed E-state index contributed by atoms with van der Waals surface area (Å²) in [6.07, 6.45) is 2.97. The molecule has 0 saturated carbocycles. The molecular weight excluding hydrogens is 348 g/mol. The SMILES string of the molecule is CCC[C@@H](C)N1CC2(CCN(C(=O)Cn3nc(C)ccc3=O)CC2)OC1=O. The van der Waals surface area contributed by atoms with Crippen LogP contribution in [0.15, 0.2) is 16.9 Å². The van der Waals surface area contributed by atoms with E-state index in [-0.39, 0.29) is 30.1 Å². The minimum atomic E-state index is -0.492. The van der Waals surface area contributed by atoms with Crippen LogP contribution in [0.1, 0.15) is 45.2 Å². The van der Waals surface area contributed by atoms with Crippen LogP contribution in [0, 0.1) is 6.92 Å². The average Bonchev–Trinajstić information content (AvgIpc) is 2.95. The maximum Gasteiger partial charge on any atom is 0.410 e. The average molecular weight is 376 g/mol. The van der Waals surface area contributed by atoms with Crippen LogP contribution >= 0.6 is 0 Å². The monoisotopic (exact) mass is 376 g/mol. The summed E-state index contributed by atoms with van der Waals surface area (Å²) in [6.45, 7) is 7.50. The van der Waals surface area contributed by atoms with E-state index in [4.69, 9.17) is 4.74 Å². The summed E-state index contributed by atoms with van der Waals surface area (Å²) >= 11 is 0. The summed E-state index contributed by atoms with van der Waals surface area (Å²) in [5.41, 5.74) is -0.0826. The van der Waals surface area contributed by atoms with Gasteiger partial charge in [0.2, 0.25) is 5.91 Å². The normalized spacial score (nSPS) is 20.0. The van der Waals surface area contributed by atoms with Gasteiger partial charge in [-0.25, -0.2) is 9.48 Å². The van der Waals surface area contributed by atoms with Crippen molar-refractivity contribution in [3.8, 4) is 0 Å². The highest BCUT2D eigenvalue weighted by Gasteiger charge is 2.48. The van der Waals surface area contributed by atoms with E-state index < -0.39 is 5.60 Å². The number of aryl methyl sites for hydroxylation is 1. The Morgan fingerprint density at radius 2 is 2.00 bits per heavy atom. The molecule has 2 fully saturated rings. The molecule has 1 aromatic rings. The second-order valence-corrected chi connectivity index (χ2v) is 7.67. The van der Waals surface area contributed by atoms with Crippen molar-refractivity contribution in [2.24, 2.45) is 0 Å². The van der Waals surface area contributed by atoms with Gasteiger partial charge in [0, 0.05) is 38.0 Å². The smallest absolute Gasteiger partial charge is 0.410 e. The van der Waals surface area contributed by atoms with E-state index >= 15 is 0 Å². The van der Waals surface area contributed by atoms with Gasteiger partial charge >= 0.3 is 6.09 Å². The third-order valence-corrected chi connectivity index (χ3v) is 5.55. The first kappa shape index (κ1) is 19.4. The lowest BCUT2D eigenvalue weighted by molar-refractivity contribution is -0.135. The summed E-state index contributed by atoms with van der Waals surface area (Å²) in [5, 5.41) is 4.12. The third-order valence-electron chi connectivity index (χ3n) is 5.55. The number of rotatable bonds is 5. The van der Waals surface area contributed by atoms with E-state index in [0.717, 1.165) is 12.8 Å². The van der Waals surface area contributed by atoms with Crippen LogP contribution in [0.25, 0.3) is 0 Å². The quantitative estimate of drug-likeness (QED) is 0.778. The number of carbonyl (C=O) groups is 2. The Bertz CT molecular complexity index is 767. The van der Waals surface area contributed by atoms with Crippen LogP contribution < -0.4 is 5.56 Å². The number of ether oxygens (including phenoxy) is 1. The molecule has 148 valence electrons. The fraction of sp³-hybridized carbons (Fsp3) is 0.684. The van der Waals surface area contributed by atoms with Crippen molar-refractivity contribution in [1.82, 2.24) is 19.6 Å². The molecule has 27 heavy (non-hydrogen) atoms. The predicted molar refractivity (Wildman–Crippen MR) is 99.3 cm³/mol. The van der Waals surface area contributed by atoms with Gasteiger partial charge in [-0.15, -0.1) is 0 Å². The van der Waals surface area contributed by atoms with Crippen LogP contribution in [0.3, 0.4) is 0 Å². The van der Waals surface area contributed by atoms with Crippen molar-refractivity contribution in [3.05, 3.63) is 28.2 Å². The Morgan fingerprint density at radius 3 is 2.67 bits per heavy atom. The molecule has 8 heteroatoms. The van der Waals surface area contributed by atoms with Crippen LogP contribution in [-0.2, 0) is 16.1 Å². The van der Waals surface area contributed by atoms with Crippen molar-refractivity contribution in [2.45, 2.75) is 64.6 Å². The number of likely N-dealkylation sites (tertiary alicyclic amines) is 1. The Balaban J connectivity index is 1.59. The van der Waals surface area contributed by atoms with Gasteiger partial charge in [-0.2, -0.15) is 5.10 Å². The minimum absolute atomic E-state index is 0.0625. The number of hydrogen-bond donors (Lipinski definition) is 0. The zero-order chi connectivity index (χ0) is 19.6. The predicted octanol–water partition coefficient (Wildman–Crippen LogP) is 1.55. The number of piperidine rings is 1. The van der Waals surface area contributed by atoms with Gasteiger partial charge in [0.1, 0.15) is 12.1 Å². The summed E-state index contributed by atoms with van der Waals surface area (Å²) in [5.74, 6) is -0.134. The first-order valence-electron chi connectivity index (χ1n) is 9.66. The van der Waals surface area contributed by atoms with E-state index in [0.29, 0.717) is 38.2 Å². The molecule has 1 spiro atoms. The van der Waals surface area contributed by atoms with Crippen LogP contribution in [0.4, 0.5) is 4.79 Å². The Hall–Kier alpha value is -2.38. The lowest BCUT2D eigenvalue weighted by Crippen LogP contribution is -2.50. The van der Waals surface area contributed by atoms with Gasteiger partial charge in [-0.3, -0.25) is 9.59 Å². The van der Waals surface area contributed by atoms with Gasteiger partial charge in [0.05, 0.1) is 12.2 Å². The van der Waals surface area contributed by atoms with Gasteiger partial charge in [0.15, 0.2) is 0 Å². The number of amides is 2. The molecule has 0 bridgehead atoms. The lowest BCUT2D eigenvalue weighted by atomic mass is 9.91. The highest BCUT2D eigenvalue weighted by Crippen LogP contribution is 2.34. The Labute approximate surface area is 159 Å². The molecule has 3 rings (SSSR count). The topological polar surface area (TPSA) is 84.7 Å². The zero-order valence-electron chi connectivity index (χ0n) is 16.3. The molecule has 2 aliphatic heterocycles. The van der Waals surface area contributed by atoms with Gasteiger partial charge in [-0.05, 0) is 26.3 Å². The molecule has 0 radical (unpaired) electrons. The largest absolute Gasteiger partial charge is 0.441 e. The van der Waals surface area contributed by atoms with Gasteiger partial charge in [-0.1, -0.05) is 13.3 Å². The highest BCUT2D eigenvalue weighted by molar-refractivity contribution is 5.76. The van der Waals surface area contributed by atoms with Crippen molar-refractivity contribution in [2.75, 3.05) is 19.6 Å². The standard InChI is InChI=1S/C19H28N4O4/c1-4-5-15(3)22-13-19(27-18(22)26)8-10-21(11-9-19)17(25)12-23-16(24)7-6-14(2)20-23/h6-7,15H,4-5,8-13H2,1-3H3/t15-/m1/s1. The van der Waals surface area contributed by atoms with E-state index in [2.05, 4.69) is 18.9 Å². The molecule has 3 heterocycles. The summed E-state index contributed by atoms with van der Waals surface area (Å²) in [6, 6.07) is 3.22. The molecule has 2 amide bonds. The molecule has 8 nitrogen and oxygen atoms in total. The molecule has 1 atom stereocenters. The lowest BCUT2D eigenvalue weighted by Gasteiger charge is -2.37. The number of carbonyl (C=O) groups excluding carboxylic acids is 2. The third kappa shape index (κ3) is 4.14. The molecule has 2 aliphatic rings. The molecule has 1 aromatic heterocycles.